The van der Waals surface area contributed by atoms with Crippen LogP contribution in [-0.4, -0.2) is 24.1 Å². The molecule has 8 aromatic carbocycles. The van der Waals surface area contributed by atoms with Crippen molar-refractivity contribution in [2.45, 2.75) is 51.9 Å². The lowest BCUT2D eigenvalue weighted by Crippen LogP contribution is -2.40. The Balaban J connectivity index is 0.979. The molecule has 0 N–H and O–H groups in total. The van der Waals surface area contributed by atoms with Crippen LogP contribution in [0.5, 0.6) is 0 Å². The second kappa shape index (κ2) is 14.7. The summed E-state index contributed by atoms with van der Waals surface area (Å²) in [6, 6.07) is 67.7. The largest absolute Gasteiger partial charge is 0.309 e. The summed E-state index contributed by atoms with van der Waals surface area (Å²) in [5.41, 5.74) is 15.5. The number of benzene rings is 8. The molecule has 11 aromatic rings. The van der Waals surface area contributed by atoms with Gasteiger partial charge in [-0.05, 0) is 106 Å². The van der Waals surface area contributed by atoms with E-state index in [1.807, 2.05) is 60.7 Å². The average Bonchev–Trinajstić information content (AvgIpc) is 3.85. The van der Waals surface area contributed by atoms with E-state index >= 15 is 0 Å². The second-order valence-corrected chi connectivity index (χ2v) is 19.2. The smallest absolute Gasteiger partial charge is 0.164 e. The van der Waals surface area contributed by atoms with Gasteiger partial charge in [0.1, 0.15) is 0 Å². The third-order valence-corrected chi connectivity index (χ3v) is 14.5. The molecule has 0 saturated carbocycles. The highest BCUT2D eigenvalue weighted by molar-refractivity contribution is 6.19. The van der Waals surface area contributed by atoms with Crippen molar-refractivity contribution in [2.24, 2.45) is 5.92 Å². The van der Waals surface area contributed by atoms with Crippen molar-refractivity contribution < 1.29 is 0 Å². The van der Waals surface area contributed by atoms with Crippen LogP contribution in [0.25, 0.3) is 100 Å². The van der Waals surface area contributed by atoms with E-state index in [1.165, 1.54) is 61.3 Å². The quantitative estimate of drug-likeness (QED) is 0.168. The van der Waals surface area contributed by atoms with Gasteiger partial charge in [-0.2, -0.15) is 0 Å². The number of fused-ring (bicyclic) bond motifs is 7. The lowest BCUT2D eigenvalue weighted by Gasteiger charge is -2.46. The van der Waals surface area contributed by atoms with Crippen molar-refractivity contribution in [1.82, 2.24) is 24.1 Å². The van der Waals surface area contributed by atoms with Gasteiger partial charge < -0.3 is 9.13 Å². The number of rotatable bonds is 6. The van der Waals surface area contributed by atoms with Crippen molar-refractivity contribution in [2.75, 3.05) is 0 Å². The molecular formula is C60H49N5. The highest BCUT2D eigenvalue weighted by Crippen LogP contribution is 2.50. The number of aromatic nitrogens is 5. The first-order valence-corrected chi connectivity index (χ1v) is 22.8. The number of nitrogens with zero attached hydrogens (tertiary/aromatic N) is 5. The molecule has 0 aliphatic heterocycles. The van der Waals surface area contributed by atoms with Crippen LogP contribution in [0.3, 0.4) is 0 Å². The van der Waals surface area contributed by atoms with Crippen LogP contribution in [0, 0.1) is 5.92 Å². The van der Waals surface area contributed by atoms with E-state index in [1.54, 1.807) is 0 Å². The van der Waals surface area contributed by atoms with Crippen LogP contribution < -0.4 is 0 Å². The van der Waals surface area contributed by atoms with E-state index in [4.69, 9.17) is 15.0 Å². The van der Waals surface area contributed by atoms with E-state index in [0.717, 1.165) is 39.1 Å². The monoisotopic (exact) mass is 839 g/mol. The molecule has 0 fully saturated rings. The maximum atomic E-state index is 5.01. The Morgan fingerprint density at radius 3 is 1.32 bits per heavy atom. The van der Waals surface area contributed by atoms with Gasteiger partial charge in [-0.15, -0.1) is 0 Å². The standard InChI is InChI=1S/C60H49N5/c1-38-37-59(2,3)51-34-43(28-33-50(51)60(38,4)5)39-24-29-44(30-25-39)64-52-22-14-12-20-46(52)48-35-49-47-21-13-15-23-53(47)65(55(49)36-54(48)64)45-31-26-42(27-32-45)58-62-56(40-16-8-6-9-17-40)61-57(63-58)41-18-10-7-11-19-41/h6-36,38H,37H2,1-5H3. The van der Waals surface area contributed by atoms with Crippen molar-refractivity contribution in [3.63, 3.8) is 0 Å². The fourth-order valence-corrected chi connectivity index (χ4v) is 10.7. The molecule has 1 atom stereocenters. The van der Waals surface area contributed by atoms with Crippen molar-refractivity contribution in [3.05, 3.63) is 199 Å². The van der Waals surface area contributed by atoms with Crippen LogP contribution in [0.15, 0.2) is 188 Å². The molecule has 0 radical (unpaired) electrons. The normalized spacial score (nSPS) is 15.5. The Hall–Kier alpha value is -7.63. The molecule has 5 heteroatoms. The highest BCUT2D eigenvalue weighted by atomic mass is 15.0. The van der Waals surface area contributed by atoms with Gasteiger partial charge in [0.15, 0.2) is 17.5 Å². The fourth-order valence-electron chi connectivity index (χ4n) is 10.7. The summed E-state index contributed by atoms with van der Waals surface area (Å²) in [5, 5.41) is 4.92. The SMILES string of the molecule is CC1CC(C)(C)c2cc(-c3ccc(-n4c5ccccc5c5cc6c7ccccc7n(-c7ccc(-c8nc(-c9ccccc9)nc(-c9ccccc9)n8)cc7)c6cc54)cc3)ccc2C1(C)C. The third-order valence-electron chi connectivity index (χ3n) is 14.5. The summed E-state index contributed by atoms with van der Waals surface area (Å²) in [6.07, 6.45) is 1.19. The zero-order valence-corrected chi connectivity index (χ0v) is 37.4. The van der Waals surface area contributed by atoms with Gasteiger partial charge in [-0.1, -0.05) is 162 Å². The summed E-state index contributed by atoms with van der Waals surface area (Å²) in [7, 11) is 0. The van der Waals surface area contributed by atoms with Gasteiger partial charge >= 0.3 is 0 Å². The summed E-state index contributed by atoms with van der Waals surface area (Å²) in [6.45, 7) is 12.1. The molecule has 12 rings (SSSR count). The van der Waals surface area contributed by atoms with Crippen molar-refractivity contribution in [1.29, 1.82) is 0 Å². The number of para-hydroxylation sites is 2. The van der Waals surface area contributed by atoms with E-state index < -0.39 is 0 Å². The highest BCUT2D eigenvalue weighted by Gasteiger charge is 2.42. The second-order valence-electron chi connectivity index (χ2n) is 19.2. The molecule has 0 amide bonds. The first kappa shape index (κ1) is 39.0. The Labute approximate surface area is 379 Å². The maximum absolute atomic E-state index is 5.01. The predicted octanol–water partition coefficient (Wildman–Crippen LogP) is 15.3. The van der Waals surface area contributed by atoms with Gasteiger partial charge in [-0.3, -0.25) is 0 Å². The van der Waals surface area contributed by atoms with Crippen LogP contribution in [0.1, 0.15) is 52.2 Å². The third kappa shape index (κ3) is 6.32. The first-order valence-electron chi connectivity index (χ1n) is 22.8. The topological polar surface area (TPSA) is 48.5 Å². The zero-order valence-electron chi connectivity index (χ0n) is 37.4. The van der Waals surface area contributed by atoms with E-state index in [0.29, 0.717) is 23.4 Å². The van der Waals surface area contributed by atoms with Gasteiger partial charge in [0.2, 0.25) is 0 Å². The minimum Gasteiger partial charge on any atom is -0.309 e. The van der Waals surface area contributed by atoms with E-state index in [-0.39, 0.29) is 10.8 Å². The summed E-state index contributed by atoms with van der Waals surface area (Å²) < 4.78 is 4.84. The molecule has 1 aliphatic carbocycles. The lowest BCUT2D eigenvalue weighted by atomic mass is 9.58. The summed E-state index contributed by atoms with van der Waals surface area (Å²) >= 11 is 0. The molecular weight excluding hydrogens is 791 g/mol. The summed E-state index contributed by atoms with van der Waals surface area (Å²) in [5.74, 6) is 2.56. The predicted molar refractivity (Wildman–Crippen MR) is 270 cm³/mol. The van der Waals surface area contributed by atoms with Crippen LogP contribution in [0.4, 0.5) is 0 Å². The molecule has 314 valence electrons. The maximum Gasteiger partial charge on any atom is 0.164 e. The van der Waals surface area contributed by atoms with Gasteiger partial charge in [0.05, 0.1) is 22.1 Å². The number of hydrogen-bond acceptors (Lipinski definition) is 3. The van der Waals surface area contributed by atoms with Gasteiger partial charge in [0.25, 0.3) is 0 Å². The summed E-state index contributed by atoms with van der Waals surface area (Å²) in [4.78, 5) is 14.9. The molecule has 1 unspecified atom stereocenters. The van der Waals surface area contributed by atoms with Crippen LogP contribution >= 0.6 is 0 Å². The average molecular weight is 840 g/mol. The first-order chi connectivity index (χ1) is 31.6. The minimum atomic E-state index is 0.131. The Kier molecular flexibility index (Phi) is 8.83. The Bertz CT molecular complexity index is 3560. The van der Waals surface area contributed by atoms with Crippen molar-refractivity contribution in [3.8, 4) is 56.7 Å². The minimum absolute atomic E-state index is 0.131. The molecule has 3 aromatic heterocycles. The Morgan fingerprint density at radius 2 is 0.815 bits per heavy atom. The molecule has 1 aliphatic rings. The molecule has 0 bridgehead atoms. The lowest BCUT2D eigenvalue weighted by molar-refractivity contribution is 0.233. The zero-order chi connectivity index (χ0) is 44.0. The fraction of sp³-hybridized carbons (Fsp3) is 0.150. The Morgan fingerprint density at radius 1 is 0.385 bits per heavy atom. The van der Waals surface area contributed by atoms with Crippen molar-refractivity contribution >= 4 is 43.6 Å². The van der Waals surface area contributed by atoms with Gasteiger partial charge in [-0.25, -0.2) is 15.0 Å². The molecule has 65 heavy (non-hydrogen) atoms. The number of hydrogen-bond donors (Lipinski definition) is 0. The van der Waals surface area contributed by atoms with E-state index in [9.17, 15) is 0 Å². The van der Waals surface area contributed by atoms with Gasteiger partial charge in [0, 0.05) is 49.6 Å². The van der Waals surface area contributed by atoms with Crippen LogP contribution in [0.2, 0.25) is 0 Å². The molecule has 5 nitrogen and oxygen atoms in total. The molecule has 0 spiro atoms. The molecule has 0 saturated heterocycles. The molecule has 3 heterocycles. The van der Waals surface area contributed by atoms with E-state index in [2.05, 4.69) is 171 Å². The van der Waals surface area contributed by atoms with Crippen LogP contribution in [-0.2, 0) is 10.8 Å².